The molecule has 0 amide bonds. The summed E-state index contributed by atoms with van der Waals surface area (Å²) >= 11 is 0. The van der Waals surface area contributed by atoms with E-state index in [2.05, 4.69) is 30.3 Å². The lowest BCUT2D eigenvalue weighted by atomic mass is 9.93. The van der Waals surface area contributed by atoms with Crippen LogP contribution in [0.15, 0.2) is 30.3 Å². The summed E-state index contributed by atoms with van der Waals surface area (Å²) in [6.45, 7) is 0.627. The number of benzene rings is 1. The summed E-state index contributed by atoms with van der Waals surface area (Å²) in [4.78, 5) is 11.1. The van der Waals surface area contributed by atoms with Crippen LogP contribution in [-0.4, -0.2) is 12.6 Å². The average molecular weight is 232 g/mol. The van der Waals surface area contributed by atoms with Gasteiger partial charge in [-0.15, -0.1) is 0 Å². The predicted molar refractivity (Wildman–Crippen MR) is 67.7 cm³/mol. The van der Waals surface area contributed by atoms with Crippen molar-refractivity contribution in [1.29, 1.82) is 0 Å². The van der Waals surface area contributed by atoms with E-state index in [0.29, 0.717) is 18.9 Å². The zero-order valence-corrected chi connectivity index (χ0v) is 10.2. The van der Waals surface area contributed by atoms with E-state index < -0.39 is 0 Å². The quantitative estimate of drug-likeness (QED) is 0.575. The first-order valence-electron chi connectivity index (χ1n) is 6.54. The van der Waals surface area contributed by atoms with Crippen LogP contribution in [0.4, 0.5) is 0 Å². The summed E-state index contributed by atoms with van der Waals surface area (Å²) in [5.74, 6) is 0.552. The van der Waals surface area contributed by atoms with E-state index >= 15 is 0 Å². The summed E-state index contributed by atoms with van der Waals surface area (Å²) in [7, 11) is 0. The highest BCUT2D eigenvalue weighted by Gasteiger charge is 2.19. The van der Waals surface area contributed by atoms with Crippen molar-refractivity contribution in [1.82, 2.24) is 0 Å². The number of ether oxygens (including phenoxy) is 1. The van der Waals surface area contributed by atoms with Crippen molar-refractivity contribution < 1.29 is 9.53 Å². The van der Waals surface area contributed by atoms with Crippen LogP contribution in [0.5, 0.6) is 0 Å². The van der Waals surface area contributed by atoms with E-state index in [1.165, 1.54) is 24.8 Å². The molecular weight excluding hydrogens is 212 g/mol. The van der Waals surface area contributed by atoms with Crippen LogP contribution in [0, 0.1) is 5.92 Å². The second-order valence-corrected chi connectivity index (χ2v) is 4.81. The fourth-order valence-electron chi connectivity index (χ4n) is 2.39. The summed E-state index contributed by atoms with van der Waals surface area (Å²) in [6.07, 6.45) is 6.44. The number of aryl methyl sites for hydroxylation is 1. The highest BCUT2D eigenvalue weighted by Crippen LogP contribution is 2.22. The average Bonchev–Trinajstić information content (AvgIpc) is 2.36. The Hall–Kier alpha value is -1.31. The molecule has 17 heavy (non-hydrogen) atoms. The Bertz CT molecular complexity index is 345. The summed E-state index contributed by atoms with van der Waals surface area (Å²) in [5, 5.41) is 0. The summed E-state index contributed by atoms with van der Waals surface area (Å²) in [6, 6.07) is 10.6. The Morgan fingerprint density at radius 3 is 2.76 bits per heavy atom. The SMILES string of the molecule is O=C1C[C@@H](CCCCc2ccccc2)CCO1. The third-order valence-electron chi connectivity index (χ3n) is 3.42. The maximum Gasteiger partial charge on any atom is 0.306 e. The third kappa shape index (κ3) is 4.22. The molecule has 1 heterocycles. The lowest BCUT2D eigenvalue weighted by Crippen LogP contribution is -2.20. The topological polar surface area (TPSA) is 26.3 Å². The van der Waals surface area contributed by atoms with Crippen molar-refractivity contribution in [2.24, 2.45) is 5.92 Å². The van der Waals surface area contributed by atoms with Crippen LogP contribution in [0.25, 0.3) is 0 Å². The van der Waals surface area contributed by atoms with Gasteiger partial charge in [0.2, 0.25) is 0 Å². The predicted octanol–water partition coefficient (Wildman–Crippen LogP) is 3.35. The van der Waals surface area contributed by atoms with Crippen LogP contribution < -0.4 is 0 Å². The molecule has 1 aliphatic rings. The molecule has 1 saturated heterocycles. The minimum Gasteiger partial charge on any atom is -0.466 e. The number of hydrogen-bond donors (Lipinski definition) is 0. The standard InChI is InChI=1S/C15H20O2/c16-15-12-14(10-11-17-15)9-5-4-8-13-6-2-1-3-7-13/h1-3,6-7,14H,4-5,8-12H2/t14-/m0/s1. The van der Waals surface area contributed by atoms with E-state index in [1.54, 1.807) is 0 Å². The van der Waals surface area contributed by atoms with Gasteiger partial charge in [0.15, 0.2) is 0 Å². The molecule has 0 spiro atoms. The fourth-order valence-corrected chi connectivity index (χ4v) is 2.39. The molecule has 0 saturated carbocycles. The Kier molecular flexibility index (Phi) is 4.60. The number of rotatable bonds is 5. The van der Waals surface area contributed by atoms with Gasteiger partial charge < -0.3 is 4.74 Å². The molecule has 0 N–H and O–H groups in total. The first kappa shape index (κ1) is 12.2. The number of carbonyl (C=O) groups excluding carboxylic acids is 1. The Morgan fingerprint density at radius 1 is 1.18 bits per heavy atom. The lowest BCUT2D eigenvalue weighted by molar-refractivity contribution is -0.149. The number of hydrogen-bond acceptors (Lipinski definition) is 2. The van der Waals surface area contributed by atoms with Crippen molar-refractivity contribution in [2.75, 3.05) is 6.61 Å². The minimum absolute atomic E-state index is 0.00990. The molecule has 1 atom stereocenters. The molecule has 0 radical (unpaired) electrons. The van der Waals surface area contributed by atoms with Crippen molar-refractivity contribution in [2.45, 2.75) is 38.5 Å². The fraction of sp³-hybridized carbons (Fsp3) is 0.533. The van der Waals surface area contributed by atoms with Crippen molar-refractivity contribution in [3.8, 4) is 0 Å². The summed E-state index contributed by atoms with van der Waals surface area (Å²) in [5.41, 5.74) is 1.41. The monoisotopic (exact) mass is 232 g/mol. The van der Waals surface area contributed by atoms with Crippen molar-refractivity contribution in [3.05, 3.63) is 35.9 Å². The smallest absolute Gasteiger partial charge is 0.306 e. The van der Waals surface area contributed by atoms with E-state index in [-0.39, 0.29) is 5.97 Å². The molecular formula is C15H20O2. The molecule has 2 heteroatoms. The molecule has 1 aliphatic heterocycles. The third-order valence-corrected chi connectivity index (χ3v) is 3.42. The van der Waals surface area contributed by atoms with Gasteiger partial charge in [0, 0.05) is 6.42 Å². The second-order valence-electron chi connectivity index (χ2n) is 4.81. The Morgan fingerprint density at radius 2 is 2.00 bits per heavy atom. The molecule has 92 valence electrons. The number of cyclic esters (lactones) is 1. The van der Waals surface area contributed by atoms with E-state index in [4.69, 9.17) is 4.74 Å². The number of esters is 1. The second kappa shape index (κ2) is 6.43. The first-order valence-corrected chi connectivity index (χ1v) is 6.54. The van der Waals surface area contributed by atoms with Gasteiger partial charge in [0.05, 0.1) is 6.61 Å². The molecule has 1 aromatic carbocycles. The van der Waals surface area contributed by atoms with Crippen molar-refractivity contribution >= 4 is 5.97 Å². The van der Waals surface area contributed by atoms with Gasteiger partial charge in [0.25, 0.3) is 0 Å². The number of carbonyl (C=O) groups is 1. The van der Waals surface area contributed by atoms with Gasteiger partial charge in [-0.05, 0) is 37.2 Å². The van der Waals surface area contributed by atoms with Crippen LogP contribution in [0.1, 0.15) is 37.7 Å². The molecule has 0 aliphatic carbocycles. The maximum absolute atomic E-state index is 11.1. The molecule has 2 nitrogen and oxygen atoms in total. The van der Waals surface area contributed by atoms with Crippen LogP contribution >= 0.6 is 0 Å². The van der Waals surface area contributed by atoms with Crippen LogP contribution in [0.3, 0.4) is 0 Å². The molecule has 0 unspecified atom stereocenters. The molecule has 2 rings (SSSR count). The molecule has 0 bridgehead atoms. The van der Waals surface area contributed by atoms with Gasteiger partial charge in [0.1, 0.15) is 0 Å². The summed E-state index contributed by atoms with van der Waals surface area (Å²) < 4.78 is 4.94. The molecule has 1 aromatic rings. The first-order chi connectivity index (χ1) is 8.34. The largest absolute Gasteiger partial charge is 0.466 e. The maximum atomic E-state index is 11.1. The van der Waals surface area contributed by atoms with E-state index in [1.807, 2.05) is 0 Å². The van der Waals surface area contributed by atoms with Gasteiger partial charge in [-0.25, -0.2) is 0 Å². The lowest BCUT2D eigenvalue weighted by Gasteiger charge is -2.20. The van der Waals surface area contributed by atoms with Crippen LogP contribution in [0.2, 0.25) is 0 Å². The van der Waals surface area contributed by atoms with Crippen molar-refractivity contribution in [3.63, 3.8) is 0 Å². The van der Waals surface area contributed by atoms with Crippen LogP contribution in [-0.2, 0) is 16.0 Å². The van der Waals surface area contributed by atoms with E-state index in [9.17, 15) is 4.79 Å². The zero-order chi connectivity index (χ0) is 11.9. The molecule has 0 aromatic heterocycles. The number of unbranched alkanes of at least 4 members (excludes halogenated alkanes) is 1. The Balaban J connectivity index is 1.61. The van der Waals surface area contributed by atoms with Gasteiger partial charge >= 0.3 is 5.97 Å². The van der Waals surface area contributed by atoms with E-state index in [0.717, 1.165) is 12.8 Å². The Labute approximate surface area is 103 Å². The minimum atomic E-state index is -0.00990. The zero-order valence-electron chi connectivity index (χ0n) is 10.2. The highest BCUT2D eigenvalue weighted by molar-refractivity contribution is 5.70. The van der Waals surface area contributed by atoms with Gasteiger partial charge in [-0.2, -0.15) is 0 Å². The van der Waals surface area contributed by atoms with Gasteiger partial charge in [-0.3, -0.25) is 4.79 Å². The normalized spacial score (nSPS) is 20.0. The highest BCUT2D eigenvalue weighted by atomic mass is 16.5. The van der Waals surface area contributed by atoms with Gasteiger partial charge in [-0.1, -0.05) is 36.8 Å². The molecule has 1 fully saturated rings.